The van der Waals surface area contributed by atoms with E-state index in [1.54, 1.807) is 0 Å². The molecule has 0 radical (unpaired) electrons. The minimum absolute atomic E-state index is 0.00818. The minimum atomic E-state index is -3.62. The molecule has 2 rings (SSSR count). The van der Waals surface area contributed by atoms with Crippen LogP contribution in [-0.2, 0) is 14.8 Å². The second-order valence-electron chi connectivity index (χ2n) is 7.54. The van der Waals surface area contributed by atoms with Crippen molar-refractivity contribution in [2.45, 2.75) is 63.3 Å². The van der Waals surface area contributed by atoms with Crippen molar-refractivity contribution in [2.75, 3.05) is 13.6 Å². The molecule has 1 aromatic rings. The van der Waals surface area contributed by atoms with E-state index in [1.807, 2.05) is 0 Å². The molecule has 1 aromatic carbocycles. The molecular weight excluding hydrogens is 364 g/mol. The Hall–Kier alpha value is -1.73. The van der Waals surface area contributed by atoms with E-state index in [1.165, 1.54) is 42.5 Å². The number of amides is 1. The van der Waals surface area contributed by atoms with Gasteiger partial charge in [-0.2, -0.15) is 0 Å². The first-order valence-corrected chi connectivity index (χ1v) is 11.0. The van der Waals surface area contributed by atoms with Gasteiger partial charge < -0.3 is 5.32 Å². The zero-order valence-electron chi connectivity index (χ0n) is 16.4. The fourth-order valence-electron chi connectivity index (χ4n) is 3.33. The third-order valence-corrected chi connectivity index (χ3v) is 7.10. The molecule has 1 aliphatic carbocycles. The molecular formula is C20H30N2O4S. The first kappa shape index (κ1) is 21.6. The summed E-state index contributed by atoms with van der Waals surface area (Å²) in [5.74, 6) is 0.624. The average Bonchev–Trinajstić information content (AvgIpc) is 2.63. The highest BCUT2D eigenvalue weighted by Crippen LogP contribution is 2.23. The van der Waals surface area contributed by atoms with E-state index in [-0.39, 0.29) is 29.2 Å². The third-order valence-electron chi connectivity index (χ3n) is 5.23. The second-order valence-corrected chi connectivity index (χ2v) is 9.58. The molecule has 0 heterocycles. The van der Waals surface area contributed by atoms with E-state index in [0.717, 1.165) is 31.6 Å². The van der Waals surface area contributed by atoms with E-state index in [4.69, 9.17) is 0 Å². The summed E-state index contributed by atoms with van der Waals surface area (Å²) < 4.78 is 26.4. The molecule has 6 nitrogen and oxygen atoms in total. The molecule has 1 fully saturated rings. The molecule has 1 saturated carbocycles. The lowest BCUT2D eigenvalue weighted by atomic mass is 9.87. The number of Topliss-reactive ketones (excluding diaryl/α,β-unsaturated/α-hetero) is 1. The van der Waals surface area contributed by atoms with Crippen molar-refractivity contribution >= 4 is 21.7 Å². The van der Waals surface area contributed by atoms with Gasteiger partial charge in [0.1, 0.15) is 0 Å². The number of rotatable bonds is 8. The first-order chi connectivity index (χ1) is 12.7. The zero-order valence-corrected chi connectivity index (χ0v) is 17.2. The van der Waals surface area contributed by atoms with E-state index in [2.05, 4.69) is 12.2 Å². The summed E-state index contributed by atoms with van der Waals surface area (Å²) in [6, 6.07) is 6.18. The Labute approximate surface area is 162 Å². The summed E-state index contributed by atoms with van der Waals surface area (Å²) in [6.07, 6.45) is 5.13. The number of hydrogen-bond donors (Lipinski definition) is 1. The van der Waals surface area contributed by atoms with Crippen LogP contribution in [0.3, 0.4) is 0 Å². The predicted octanol–water partition coefficient (Wildman–Crippen LogP) is 2.98. The van der Waals surface area contributed by atoms with Crippen LogP contribution < -0.4 is 5.32 Å². The molecule has 0 bridgehead atoms. The second kappa shape index (κ2) is 9.46. The van der Waals surface area contributed by atoms with Crippen LogP contribution in [0.25, 0.3) is 0 Å². The van der Waals surface area contributed by atoms with Crippen LogP contribution in [0.1, 0.15) is 62.7 Å². The molecule has 150 valence electrons. The third kappa shape index (κ3) is 6.14. The Balaban J connectivity index is 1.80. The Morgan fingerprint density at radius 3 is 2.26 bits per heavy atom. The van der Waals surface area contributed by atoms with Gasteiger partial charge in [0, 0.05) is 31.6 Å². The highest BCUT2D eigenvalue weighted by molar-refractivity contribution is 7.89. The van der Waals surface area contributed by atoms with Gasteiger partial charge in [0.05, 0.1) is 4.90 Å². The van der Waals surface area contributed by atoms with Crippen LogP contribution >= 0.6 is 0 Å². The van der Waals surface area contributed by atoms with E-state index >= 15 is 0 Å². The predicted molar refractivity (Wildman–Crippen MR) is 105 cm³/mol. The normalized spacial score (nSPS) is 20.4. The number of nitrogens with zero attached hydrogens (tertiary/aromatic N) is 1. The number of sulfonamides is 1. The summed E-state index contributed by atoms with van der Waals surface area (Å²) in [5, 5.41) is 3.06. The lowest BCUT2D eigenvalue weighted by Crippen LogP contribution is -2.37. The van der Waals surface area contributed by atoms with Crippen LogP contribution in [0.2, 0.25) is 0 Å². The van der Waals surface area contributed by atoms with Crippen LogP contribution in [0.5, 0.6) is 0 Å². The van der Waals surface area contributed by atoms with Crippen LogP contribution in [0.15, 0.2) is 29.2 Å². The molecule has 0 unspecified atom stereocenters. The van der Waals surface area contributed by atoms with Crippen molar-refractivity contribution in [3.63, 3.8) is 0 Å². The average molecular weight is 395 g/mol. The van der Waals surface area contributed by atoms with Crippen molar-refractivity contribution in [3.05, 3.63) is 29.8 Å². The SMILES string of the molecule is CC(=O)c1ccc(S(=O)(=O)N(C)CCCC(=O)NC2CCC(C)CC2)cc1. The van der Waals surface area contributed by atoms with Crippen molar-refractivity contribution in [1.82, 2.24) is 9.62 Å². The minimum Gasteiger partial charge on any atom is -0.353 e. The molecule has 1 aliphatic rings. The van der Waals surface area contributed by atoms with Gasteiger partial charge in [0.25, 0.3) is 0 Å². The Morgan fingerprint density at radius 2 is 1.70 bits per heavy atom. The van der Waals surface area contributed by atoms with Gasteiger partial charge in [0.2, 0.25) is 15.9 Å². The van der Waals surface area contributed by atoms with Crippen molar-refractivity contribution < 1.29 is 18.0 Å². The quantitative estimate of drug-likeness (QED) is 0.687. The Bertz CT molecular complexity index is 751. The maximum Gasteiger partial charge on any atom is 0.242 e. The number of hydrogen-bond acceptors (Lipinski definition) is 4. The van der Waals surface area contributed by atoms with Gasteiger partial charge in [-0.25, -0.2) is 12.7 Å². The fourth-order valence-corrected chi connectivity index (χ4v) is 4.54. The van der Waals surface area contributed by atoms with E-state index in [0.29, 0.717) is 18.4 Å². The molecule has 27 heavy (non-hydrogen) atoms. The summed E-state index contributed by atoms with van der Waals surface area (Å²) in [5.41, 5.74) is 0.477. The molecule has 0 spiro atoms. The van der Waals surface area contributed by atoms with E-state index < -0.39 is 10.0 Å². The van der Waals surface area contributed by atoms with Gasteiger partial charge >= 0.3 is 0 Å². The molecule has 1 N–H and O–H groups in total. The topological polar surface area (TPSA) is 83.6 Å². The molecule has 0 aliphatic heterocycles. The highest BCUT2D eigenvalue weighted by atomic mass is 32.2. The lowest BCUT2D eigenvalue weighted by molar-refractivity contribution is -0.122. The van der Waals surface area contributed by atoms with Gasteiger partial charge in [-0.05, 0) is 57.1 Å². The number of benzene rings is 1. The molecule has 0 aromatic heterocycles. The van der Waals surface area contributed by atoms with Crippen molar-refractivity contribution in [2.24, 2.45) is 5.92 Å². The largest absolute Gasteiger partial charge is 0.353 e. The van der Waals surface area contributed by atoms with Crippen LogP contribution in [0, 0.1) is 5.92 Å². The lowest BCUT2D eigenvalue weighted by Gasteiger charge is -2.27. The van der Waals surface area contributed by atoms with Gasteiger partial charge in [0.15, 0.2) is 5.78 Å². The Morgan fingerprint density at radius 1 is 1.11 bits per heavy atom. The Kier molecular flexibility index (Phi) is 7.56. The standard InChI is InChI=1S/C20H30N2O4S/c1-15-6-10-18(11-7-15)21-20(24)5-4-14-22(3)27(25,26)19-12-8-17(9-13-19)16(2)23/h8-9,12-13,15,18H,4-7,10-11,14H2,1-3H3,(H,21,24). The van der Waals surface area contributed by atoms with Gasteiger partial charge in [-0.3, -0.25) is 9.59 Å². The maximum atomic E-state index is 12.6. The first-order valence-electron chi connectivity index (χ1n) is 9.57. The molecule has 0 atom stereocenters. The van der Waals surface area contributed by atoms with Gasteiger partial charge in [-0.1, -0.05) is 19.1 Å². The maximum absolute atomic E-state index is 12.6. The molecule has 7 heteroatoms. The van der Waals surface area contributed by atoms with Crippen LogP contribution in [-0.4, -0.2) is 44.0 Å². The number of ketones is 1. The summed E-state index contributed by atoms with van der Waals surface area (Å²) in [6.45, 7) is 3.95. The monoisotopic (exact) mass is 394 g/mol. The highest BCUT2D eigenvalue weighted by Gasteiger charge is 2.22. The number of carbonyl (C=O) groups is 2. The van der Waals surface area contributed by atoms with Gasteiger partial charge in [-0.15, -0.1) is 0 Å². The summed E-state index contributed by atoms with van der Waals surface area (Å²) in [7, 11) is -2.11. The number of nitrogens with one attached hydrogen (secondary N) is 1. The summed E-state index contributed by atoms with van der Waals surface area (Å²) in [4.78, 5) is 23.5. The fraction of sp³-hybridized carbons (Fsp3) is 0.600. The number of carbonyl (C=O) groups excluding carboxylic acids is 2. The van der Waals surface area contributed by atoms with Crippen LogP contribution in [0.4, 0.5) is 0 Å². The summed E-state index contributed by atoms with van der Waals surface area (Å²) >= 11 is 0. The zero-order chi connectivity index (χ0) is 20.0. The smallest absolute Gasteiger partial charge is 0.242 e. The van der Waals surface area contributed by atoms with Crippen molar-refractivity contribution in [3.8, 4) is 0 Å². The molecule has 0 saturated heterocycles. The van der Waals surface area contributed by atoms with E-state index in [9.17, 15) is 18.0 Å². The molecule has 1 amide bonds. The van der Waals surface area contributed by atoms with Crippen molar-refractivity contribution in [1.29, 1.82) is 0 Å².